The van der Waals surface area contributed by atoms with E-state index in [1.807, 2.05) is 32.0 Å². The van der Waals surface area contributed by atoms with Crippen molar-refractivity contribution in [1.29, 1.82) is 0 Å². The van der Waals surface area contributed by atoms with Gasteiger partial charge >= 0.3 is 12.1 Å². The molecule has 3 rings (SSSR count). The average Bonchev–Trinajstić information content (AvgIpc) is 2.95. The van der Waals surface area contributed by atoms with Crippen LogP contribution in [0, 0.1) is 13.8 Å². The summed E-state index contributed by atoms with van der Waals surface area (Å²) in [6, 6.07) is 12.9. The summed E-state index contributed by atoms with van der Waals surface area (Å²) in [6.07, 6.45) is 0. The SMILES string of the molecule is Cc1ccc([C@@]2(c3ccccc3)NC(=O)N(CC(=O)NC(=O)NC(C)C)C2=O)cc1C. The third-order valence-corrected chi connectivity index (χ3v) is 5.23. The number of aryl methyl sites for hydroxylation is 2. The molecule has 1 heterocycles. The second kappa shape index (κ2) is 8.59. The highest BCUT2D eigenvalue weighted by Gasteiger charge is 2.54. The van der Waals surface area contributed by atoms with Crippen LogP contribution in [0.2, 0.25) is 0 Å². The molecule has 162 valence electrons. The van der Waals surface area contributed by atoms with Crippen LogP contribution >= 0.6 is 0 Å². The molecule has 0 radical (unpaired) electrons. The van der Waals surface area contributed by atoms with Gasteiger partial charge in [0.05, 0.1) is 0 Å². The lowest BCUT2D eigenvalue weighted by molar-refractivity contribution is -0.134. The van der Waals surface area contributed by atoms with E-state index in [2.05, 4.69) is 16.0 Å². The Labute approximate surface area is 181 Å². The minimum Gasteiger partial charge on any atom is -0.336 e. The minimum absolute atomic E-state index is 0.167. The van der Waals surface area contributed by atoms with Gasteiger partial charge in [0.2, 0.25) is 5.91 Å². The van der Waals surface area contributed by atoms with Crippen LogP contribution < -0.4 is 16.0 Å². The van der Waals surface area contributed by atoms with Crippen molar-refractivity contribution in [1.82, 2.24) is 20.9 Å². The van der Waals surface area contributed by atoms with Crippen molar-refractivity contribution in [3.8, 4) is 0 Å². The Kier molecular flexibility index (Phi) is 6.10. The Balaban J connectivity index is 1.96. The van der Waals surface area contributed by atoms with Crippen molar-refractivity contribution in [2.75, 3.05) is 6.54 Å². The highest BCUT2D eigenvalue weighted by Crippen LogP contribution is 2.36. The Bertz CT molecular complexity index is 1040. The van der Waals surface area contributed by atoms with Gasteiger partial charge in [-0.2, -0.15) is 0 Å². The zero-order chi connectivity index (χ0) is 22.8. The van der Waals surface area contributed by atoms with Gasteiger partial charge in [0.25, 0.3) is 5.91 Å². The van der Waals surface area contributed by atoms with Crippen molar-refractivity contribution in [2.45, 2.75) is 39.3 Å². The largest absolute Gasteiger partial charge is 0.336 e. The van der Waals surface area contributed by atoms with E-state index >= 15 is 0 Å². The number of carbonyl (C=O) groups is 4. The molecule has 2 aromatic rings. The number of carbonyl (C=O) groups excluding carboxylic acids is 4. The van der Waals surface area contributed by atoms with Crippen LogP contribution in [-0.4, -0.2) is 41.4 Å². The Hall–Kier alpha value is -3.68. The fourth-order valence-electron chi connectivity index (χ4n) is 3.55. The topological polar surface area (TPSA) is 108 Å². The van der Waals surface area contributed by atoms with Gasteiger partial charge in [-0.25, -0.2) is 9.59 Å². The molecule has 1 atom stereocenters. The monoisotopic (exact) mass is 422 g/mol. The van der Waals surface area contributed by atoms with E-state index in [9.17, 15) is 19.2 Å². The molecule has 8 heteroatoms. The van der Waals surface area contributed by atoms with E-state index in [0.717, 1.165) is 16.0 Å². The quantitative estimate of drug-likeness (QED) is 0.643. The third kappa shape index (κ3) is 4.28. The Morgan fingerprint density at radius 3 is 2.29 bits per heavy atom. The summed E-state index contributed by atoms with van der Waals surface area (Å²) in [7, 11) is 0. The van der Waals surface area contributed by atoms with Crippen LogP contribution in [0.4, 0.5) is 9.59 Å². The van der Waals surface area contributed by atoms with Gasteiger partial charge in [0.15, 0.2) is 5.54 Å². The third-order valence-electron chi connectivity index (χ3n) is 5.23. The molecule has 2 aromatic carbocycles. The molecule has 3 N–H and O–H groups in total. The van der Waals surface area contributed by atoms with Gasteiger partial charge in [-0.15, -0.1) is 0 Å². The molecule has 31 heavy (non-hydrogen) atoms. The zero-order valence-corrected chi connectivity index (χ0v) is 18.0. The minimum atomic E-state index is -1.46. The molecule has 6 amide bonds. The second-order valence-electron chi connectivity index (χ2n) is 7.91. The number of rotatable bonds is 5. The van der Waals surface area contributed by atoms with Crippen molar-refractivity contribution in [3.05, 3.63) is 70.8 Å². The fourth-order valence-corrected chi connectivity index (χ4v) is 3.55. The average molecular weight is 422 g/mol. The van der Waals surface area contributed by atoms with E-state index in [4.69, 9.17) is 0 Å². The van der Waals surface area contributed by atoms with Crippen molar-refractivity contribution in [3.63, 3.8) is 0 Å². The smallest absolute Gasteiger partial charge is 0.326 e. The molecule has 0 saturated carbocycles. The summed E-state index contributed by atoms with van der Waals surface area (Å²) in [4.78, 5) is 51.4. The summed E-state index contributed by atoms with van der Waals surface area (Å²) in [5, 5.41) is 7.46. The summed E-state index contributed by atoms with van der Waals surface area (Å²) in [5.74, 6) is -1.34. The molecular formula is C23H26N4O4. The van der Waals surface area contributed by atoms with Gasteiger partial charge < -0.3 is 10.6 Å². The maximum Gasteiger partial charge on any atom is 0.326 e. The van der Waals surface area contributed by atoms with E-state index in [0.29, 0.717) is 11.1 Å². The number of hydrogen-bond donors (Lipinski definition) is 3. The molecule has 8 nitrogen and oxygen atoms in total. The van der Waals surface area contributed by atoms with Crippen molar-refractivity contribution in [2.24, 2.45) is 0 Å². The van der Waals surface area contributed by atoms with Crippen LogP contribution in [0.3, 0.4) is 0 Å². The Morgan fingerprint density at radius 2 is 1.68 bits per heavy atom. The van der Waals surface area contributed by atoms with E-state index in [-0.39, 0.29) is 6.04 Å². The van der Waals surface area contributed by atoms with Gasteiger partial charge in [-0.05, 0) is 49.9 Å². The van der Waals surface area contributed by atoms with Gasteiger partial charge in [-0.1, -0.05) is 48.5 Å². The summed E-state index contributed by atoms with van der Waals surface area (Å²) >= 11 is 0. The van der Waals surface area contributed by atoms with Crippen LogP contribution in [0.5, 0.6) is 0 Å². The number of imide groups is 2. The standard InChI is InChI=1S/C23H26N4O4/c1-14(2)24-21(30)25-19(28)13-27-20(29)23(26-22(27)31,17-8-6-5-7-9-17)18-11-10-15(3)16(4)12-18/h5-12,14H,13H2,1-4H3,(H,26,31)(H2,24,25,28,30)/t23-/m1/s1. The molecule has 0 aliphatic carbocycles. The molecule has 0 spiro atoms. The summed E-state index contributed by atoms with van der Waals surface area (Å²) in [5.41, 5.74) is 1.74. The first-order valence-electron chi connectivity index (χ1n) is 10.0. The lowest BCUT2D eigenvalue weighted by Gasteiger charge is -2.28. The molecule has 0 aromatic heterocycles. The first kappa shape index (κ1) is 22.0. The maximum atomic E-state index is 13.6. The maximum absolute atomic E-state index is 13.6. The highest BCUT2D eigenvalue weighted by molar-refractivity contribution is 6.12. The lowest BCUT2D eigenvalue weighted by Crippen LogP contribution is -2.48. The highest BCUT2D eigenvalue weighted by atomic mass is 16.2. The van der Waals surface area contributed by atoms with Crippen molar-refractivity contribution < 1.29 is 19.2 Å². The number of hydrogen-bond acceptors (Lipinski definition) is 4. The number of nitrogens with zero attached hydrogens (tertiary/aromatic N) is 1. The first-order valence-corrected chi connectivity index (χ1v) is 10.0. The molecule has 1 aliphatic rings. The predicted octanol–water partition coefficient (Wildman–Crippen LogP) is 2.33. The number of nitrogens with one attached hydrogen (secondary N) is 3. The van der Waals surface area contributed by atoms with Gasteiger partial charge in [-0.3, -0.25) is 19.8 Å². The first-order chi connectivity index (χ1) is 14.6. The fraction of sp³-hybridized carbons (Fsp3) is 0.304. The predicted molar refractivity (Wildman–Crippen MR) is 115 cm³/mol. The molecular weight excluding hydrogens is 396 g/mol. The normalized spacial score (nSPS) is 18.2. The molecule has 0 unspecified atom stereocenters. The molecule has 1 saturated heterocycles. The number of benzene rings is 2. The summed E-state index contributed by atoms with van der Waals surface area (Å²) in [6.45, 7) is 6.81. The number of urea groups is 2. The van der Waals surface area contributed by atoms with E-state index in [1.165, 1.54) is 0 Å². The van der Waals surface area contributed by atoms with Crippen molar-refractivity contribution >= 4 is 23.9 Å². The van der Waals surface area contributed by atoms with Gasteiger partial charge in [0, 0.05) is 6.04 Å². The molecule has 0 bridgehead atoms. The van der Waals surface area contributed by atoms with Crippen LogP contribution in [-0.2, 0) is 15.1 Å². The van der Waals surface area contributed by atoms with Gasteiger partial charge in [0.1, 0.15) is 6.54 Å². The zero-order valence-electron chi connectivity index (χ0n) is 18.0. The van der Waals surface area contributed by atoms with Crippen LogP contribution in [0.15, 0.2) is 48.5 Å². The van der Waals surface area contributed by atoms with E-state index in [1.54, 1.807) is 44.2 Å². The molecule has 1 fully saturated rings. The Morgan fingerprint density at radius 1 is 1.00 bits per heavy atom. The van der Waals surface area contributed by atoms with Crippen LogP contribution in [0.1, 0.15) is 36.1 Å². The van der Waals surface area contributed by atoms with Crippen LogP contribution in [0.25, 0.3) is 0 Å². The number of amides is 6. The van der Waals surface area contributed by atoms with E-state index < -0.39 is 36.0 Å². The lowest BCUT2D eigenvalue weighted by atomic mass is 9.81. The molecule has 1 aliphatic heterocycles. The summed E-state index contributed by atoms with van der Waals surface area (Å²) < 4.78 is 0. The second-order valence-corrected chi connectivity index (χ2v) is 7.91.